The highest BCUT2D eigenvalue weighted by Crippen LogP contribution is 2.32. The molecule has 172 valence electrons. The normalized spacial score (nSPS) is 16.2. The van der Waals surface area contributed by atoms with Gasteiger partial charge in [-0.3, -0.25) is 9.69 Å². The van der Waals surface area contributed by atoms with Crippen molar-refractivity contribution >= 4 is 29.1 Å². The van der Waals surface area contributed by atoms with Crippen molar-refractivity contribution in [2.45, 2.75) is 25.9 Å². The maximum atomic E-state index is 12.6. The molecule has 8 nitrogen and oxygen atoms in total. The van der Waals surface area contributed by atoms with Crippen LogP contribution in [0.3, 0.4) is 0 Å². The summed E-state index contributed by atoms with van der Waals surface area (Å²) in [5, 5.41) is 8.10. The lowest BCUT2D eigenvalue weighted by Gasteiger charge is -2.30. The second-order valence-corrected chi connectivity index (χ2v) is 8.94. The van der Waals surface area contributed by atoms with Crippen LogP contribution in [0.15, 0.2) is 40.9 Å². The van der Waals surface area contributed by atoms with Crippen LogP contribution in [-0.4, -0.2) is 40.8 Å². The van der Waals surface area contributed by atoms with Gasteiger partial charge in [0, 0.05) is 23.0 Å². The fraction of sp³-hybridized carbons (Fsp3) is 0.348. The summed E-state index contributed by atoms with van der Waals surface area (Å²) in [5.41, 5.74) is 1.66. The predicted molar refractivity (Wildman–Crippen MR) is 122 cm³/mol. The number of halogens is 2. The molecule has 0 saturated carbocycles. The molecule has 1 saturated heterocycles. The van der Waals surface area contributed by atoms with Gasteiger partial charge in [-0.15, -0.1) is 0 Å². The summed E-state index contributed by atoms with van der Waals surface area (Å²) < 4.78 is 16.1. The van der Waals surface area contributed by atoms with E-state index < -0.39 is 0 Å². The fourth-order valence-electron chi connectivity index (χ4n) is 4.03. The zero-order valence-corrected chi connectivity index (χ0v) is 19.2. The first-order chi connectivity index (χ1) is 16.0. The molecular formula is C23H22Cl2N4O4. The highest BCUT2D eigenvalue weighted by molar-refractivity contribution is 6.36. The van der Waals surface area contributed by atoms with E-state index in [1.54, 1.807) is 18.2 Å². The Kier molecular flexibility index (Phi) is 6.39. The summed E-state index contributed by atoms with van der Waals surface area (Å²) in [6.07, 6.45) is 1.55. The predicted octanol–water partition coefficient (Wildman–Crippen LogP) is 4.30. The third-order valence-electron chi connectivity index (χ3n) is 5.86. The Morgan fingerprint density at radius 3 is 2.73 bits per heavy atom. The lowest BCUT2D eigenvalue weighted by atomic mass is 9.96. The molecule has 0 atom stereocenters. The standard InChI is InChI=1S/C23H22Cl2N4O4/c24-16-2-3-17(18(25)10-16)22-27-21(33-28-22)12-29-7-5-15(6-8-29)23(30)26-11-14-1-4-19-20(9-14)32-13-31-19/h1-4,9-10,15H,5-8,11-13H2,(H,26,30). The minimum absolute atomic E-state index is 0.0126. The lowest BCUT2D eigenvalue weighted by molar-refractivity contribution is -0.126. The highest BCUT2D eigenvalue weighted by atomic mass is 35.5. The molecule has 1 aromatic heterocycles. The first-order valence-electron chi connectivity index (χ1n) is 10.7. The Bertz CT molecular complexity index is 1160. The third-order valence-corrected chi connectivity index (χ3v) is 6.41. The van der Waals surface area contributed by atoms with Gasteiger partial charge in [-0.05, 0) is 61.8 Å². The van der Waals surface area contributed by atoms with Crippen LogP contribution in [0.5, 0.6) is 11.5 Å². The maximum Gasteiger partial charge on any atom is 0.241 e. The van der Waals surface area contributed by atoms with Crippen LogP contribution in [0.2, 0.25) is 10.0 Å². The topological polar surface area (TPSA) is 89.7 Å². The Balaban J connectivity index is 1.10. The van der Waals surface area contributed by atoms with Crippen molar-refractivity contribution in [3.63, 3.8) is 0 Å². The number of likely N-dealkylation sites (tertiary alicyclic amines) is 1. The van der Waals surface area contributed by atoms with Crippen LogP contribution >= 0.6 is 23.2 Å². The average molecular weight is 489 g/mol. The van der Waals surface area contributed by atoms with Crippen molar-refractivity contribution < 1.29 is 18.8 Å². The number of carbonyl (C=O) groups excluding carboxylic acids is 1. The van der Waals surface area contributed by atoms with Gasteiger partial charge >= 0.3 is 0 Å². The second kappa shape index (κ2) is 9.59. The lowest BCUT2D eigenvalue weighted by Crippen LogP contribution is -2.40. The smallest absolute Gasteiger partial charge is 0.241 e. The molecule has 33 heavy (non-hydrogen) atoms. The SMILES string of the molecule is O=C(NCc1ccc2c(c1)OCO2)C1CCN(Cc2nc(-c3ccc(Cl)cc3Cl)no2)CC1. The van der Waals surface area contributed by atoms with Gasteiger partial charge in [0.05, 0.1) is 11.6 Å². The van der Waals surface area contributed by atoms with Crippen molar-refractivity contribution in [2.75, 3.05) is 19.9 Å². The van der Waals surface area contributed by atoms with E-state index in [2.05, 4.69) is 20.4 Å². The number of aromatic nitrogens is 2. The number of rotatable bonds is 6. The Hall–Kier alpha value is -2.81. The molecule has 0 unspecified atom stereocenters. The number of hydrogen-bond acceptors (Lipinski definition) is 7. The molecule has 0 bridgehead atoms. The van der Waals surface area contributed by atoms with Crippen molar-refractivity contribution in [3.05, 3.63) is 57.9 Å². The van der Waals surface area contributed by atoms with Crippen molar-refractivity contribution in [3.8, 4) is 22.9 Å². The van der Waals surface area contributed by atoms with Gasteiger partial charge in [0.1, 0.15) is 0 Å². The zero-order valence-electron chi connectivity index (χ0n) is 17.7. The van der Waals surface area contributed by atoms with Gasteiger partial charge < -0.3 is 19.3 Å². The van der Waals surface area contributed by atoms with E-state index in [0.717, 1.165) is 43.0 Å². The summed E-state index contributed by atoms with van der Waals surface area (Å²) in [7, 11) is 0. The molecule has 0 aliphatic carbocycles. The van der Waals surface area contributed by atoms with Crippen molar-refractivity contribution in [2.24, 2.45) is 5.92 Å². The third kappa shape index (κ3) is 5.08. The molecule has 3 aromatic rings. The molecule has 10 heteroatoms. The maximum absolute atomic E-state index is 12.6. The molecular weight excluding hydrogens is 467 g/mol. The van der Waals surface area contributed by atoms with Gasteiger partial charge in [-0.2, -0.15) is 4.98 Å². The molecule has 1 fully saturated rings. The van der Waals surface area contributed by atoms with E-state index in [9.17, 15) is 4.79 Å². The van der Waals surface area contributed by atoms with E-state index >= 15 is 0 Å². The number of benzene rings is 2. The first kappa shape index (κ1) is 22.0. The summed E-state index contributed by atoms with van der Waals surface area (Å²) in [4.78, 5) is 19.3. The number of piperidine rings is 1. The van der Waals surface area contributed by atoms with E-state index in [1.165, 1.54) is 0 Å². The number of amides is 1. The van der Waals surface area contributed by atoms with Crippen LogP contribution in [-0.2, 0) is 17.9 Å². The zero-order chi connectivity index (χ0) is 22.8. The van der Waals surface area contributed by atoms with E-state index in [1.807, 2.05) is 18.2 Å². The first-order valence-corrected chi connectivity index (χ1v) is 11.5. The summed E-state index contributed by atoms with van der Waals surface area (Å²) >= 11 is 12.2. The van der Waals surface area contributed by atoms with E-state index in [4.69, 9.17) is 37.2 Å². The molecule has 2 aliphatic rings. The minimum atomic E-state index is -0.0126. The summed E-state index contributed by atoms with van der Waals surface area (Å²) in [6.45, 7) is 2.80. The molecule has 2 aliphatic heterocycles. The minimum Gasteiger partial charge on any atom is -0.454 e. The quantitative estimate of drug-likeness (QED) is 0.552. The second-order valence-electron chi connectivity index (χ2n) is 8.09. The van der Waals surface area contributed by atoms with Crippen LogP contribution in [0.1, 0.15) is 24.3 Å². The fourth-order valence-corrected chi connectivity index (χ4v) is 4.52. The largest absolute Gasteiger partial charge is 0.454 e. The summed E-state index contributed by atoms with van der Waals surface area (Å²) in [6, 6.07) is 10.9. The number of ether oxygens (including phenoxy) is 2. The summed E-state index contributed by atoms with van der Waals surface area (Å²) in [5.74, 6) is 2.47. The monoisotopic (exact) mass is 488 g/mol. The van der Waals surface area contributed by atoms with Gasteiger partial charge in [-0.25, -0.2) is 0 Å². The van der Waals surface area contributed by atoms with Crippen LogP contribution in [0.25, 0.3) is 11.4 Å². The molecule has 0 spiro atoms. The number of hydrogen-bond donors (Lipinski definition) is 1. The molecule has 3 heterocycles. The Morgan fingerprint density at radius 2 is 1.91 bits per heavy atom. The Labute approximate surface area is 200 Å². The van der Waals surface area contributed by atoms with Crippen LogP contribution < -0.4 is 14.8 Å². The van der Waals surface area contributed by atoms with Gasteiger partial charge in [0.2, 0.25) is 24.4 Å². The molecule has 2 aromatic carbocycles. The van der Waals surface area contributed by atoms with Crippen molar-refractivity contribution in [1.82, 2.24) is 20.4 Å². The number of nitrogens with one attached hydrogen (secondary N) is 1. The molecule has 1 amide bonds. The van der Waals surface area contributed by atoms with E-state index in [-0.39, 0.29) is 18.6 Å². The van der Waals surface area contributed by atoms with Crippen molar-refractivity contribution in [1.29, 1.82) is 0 Å². The molecule has 5 rings (SSSR count). The average Bonchev–Trinajstić information content (AvgIpc) is 3.47. The van der Waals surface area contributed by atoms with Gasteiger partial charge in [0.25, 0.3) is 0 Å². The van der Waals surface area contributed by atoms with Crippen LogP contribution in [0.4, 0.5) is 0 Å². The molecule has 1 N–H and O–H groups in total. The number of carbonyl (C=O) groups is 1. The van der Waals surface area contributed by atoms with Gasteiger partial charge in [0.15, 0.2) is 11.5 Å². The highest BCUT2D eigenvalue weighted by Gasteiger charge is 2.26. The van der Waals surface area contributed by atoms with E-state index in [0.29, 0.717) is 40.4 Å². The molecule has 0 radical (unpaired) electrons. The van der Waals surface area contributed by atoms with Gasteiger partial charge in [-0.1, -0.05) is 34.4 Å². The number of nitrogens with zero attached hydrogens (tertiary/aromatic N) is 3. The number of fused-ring (bicyclic) bond motifs is 1. The Morgan fingerprint density at radius 1 is 1.09 bits per heavy atom. The van der Waals surface area contributed by atoms with Crippen LogP contribution in [0, 0.1) is 5.92 Å².